The Kier molecular flexibility index (Phi) is 5.94. The average molecular weight is 436 g/mol. The highest BCUT2D eigenvalue weighted by Crippen LogP contribution is 2.26. The van der Waals surface area contributed by atoms with E-state index < -0.39 is 17.8 Å². The van der Waals surface area contributed by atoms with E-state index in [0.717, 1.165) is 41.0 Å². The quantitative estimate of drug-likeness (QED) is 0.410. The number of ether oxygens (including phenoxy) is 1. The smallest absolute Gasteiger partial charge is 0.338 e. The minimum absolute atomic E-state index is 0.00446. The van der Waals surface area contributed by atoms with Crippen LogP contribution < -0.4 is 0 Å². The van der Waals surface area contributed by atoms with Crippen LogP contribution >= 0.6 is 0 Å². The Labute approximate surface area is 185 Å². The number of benzene rings is 1. The molecule has 2 fully saturated rings. The molecule has 1 saturated heterocycles. The standard InChI is InChI=1S/C24H24N2O6/c1-25-21(27)19(22(28)26(2)24(25)30)14-18-12-13-20(31-18)15-8-10-16(11-9-15)23(29)32-17-6-4-3-5-7-17/h8-14,17H,3-7H2,1-2H3. The zero-order valence-corrected chi connectivity index (χ0v) is 18.0. The third kappa shape index (κ3) is 4.21. The van der Waals surface area contributed by atoms with Crippen LogP contribution in [0, 0.1) is 0 Å². The van der Waals surface area contributed by atoms with Crippen molar-refractivity contribution in [2.75, 3.05) is 14.1 Å². The largest absolute Gasteiger partial charge is 0.459 e. The maximum atomic E-state index is 12.4. The third-order valence-electron chi connectivity index (χ3n) is 5.79. The maximum Gasteiger partial charge on any atom is 0.338 e. The molecule has 0 N–H and O–H groups in total. The van der Waals surface area contributed by atoms with E-state index in [9.17, 15) is 19.2 Å². The highest BCUT2D eigenvalue weighted by atomic mass is 16.5. The molecule has 4 amide bonds. The van der Waals surface area contributed by atoms with Crippen LogP contribution in [0.1, 0.15) is 48.2 Å². The number of carbonyl (C=O) groups is 4. The first-order chi connectivity index (χ1) is 15.3. The van der Waals surface area contributed by atoms with E-state index in [0.29, 0.717) is 17.1 Å². The third-order valence-corrected chi connectivity index (χ3v) is 5.79. The molecule has 8 nitrogen and oxygen atoms in total. The van der Waals surface area contributed by atoms with Gasteiger partial charge in [0, 0.05) is 19.7 Å². The van der Waals surface area contributed by atoms with Gasteiger partial charge in [-0.05, 0) is 56.0 Å². The molecule has 166 valence electrons. The molecule has 2 heterocycles. The summed E-state index contributed by atoms with van der Waals surface area (Å²) in [6.07, 6.45) is 6.53. The van der Waals surface area contributed by atoms with E-state index in [2.05, 4.69) is 0 Å². The number of urea groups is 1. The van der Waals surface area contributed by atoms with Gasteiger partial charge in [-0.3, -0.25) is 19.4 Å². The summed E-state index contributed by atoms with van der Waals surface area (Å²) in [6.45, 7) is 0. The number of imide groups is 2. The molecule has 1 saturated carbocycles. The van der Waals surface area contributed by atoms with E-state index in [1.807, 2.05) is 0 Å². The van der Waals surface area contributed by atoms with Gasteiger partial charge in [0.05, 0.1) is 5.56 Å². The van der Waals surface area contributed by atoms with E-state index in [4.69, 9.17) is 9.15 Å². The molecule has 1 aliphatic heterocycles. The summed E-state index contributed by atoms with van der Waals surface area (Å²) in [6, 6.07) is 9.53. The van der Waals surface area contributed by atoms with Crippen molar-refractivity contribution in [3.63, 3.8) is 0 Å². The van der Waals surface area contributed by atoms with Gasteiger partial charge >= 0.3 is 12.0 Å². The molecule has 1 aromatic carbocycles. The summed E-state index contributed by atoms with van der Waals surface area (Å²) in [4.78, 5) is 50.6. The molecule has 8 heteroatoms. The lowest BCUT2D eigenvalue weighted by Gasteiger charge is -2.28. The average Bonchev–Trinajstić information content (AvgIpc) is 3.29. The number of barbiturate groups is 1. The van der Waals surface area contributed by atoms with Crippen LogP contribution in [0.25, 0.3) is 17.4 Å². The SMILES string of the molecule is CN1C(=O)C(=Cc2ccc(-c3ccc(C(=O)OC4CCCCC4)cc3)o2)C(=O)N(C)C1=O. The van der Waals surface area contributed by atoms with E-state index in [-0.39, 0.29) is 17.6 Å². The fourth-order valence-electron chi connectivity index (χ4n) is 3.88. The number of nitrogens with zero attached hydrogens (tertiary/aromatic N) is 2. The molecular weight excluding hydrogens is 412 g/mol. The second-order valence-corrected chi connectivity index (χ2v) is 8.01. The van der Waals surface area contributed by atoms with Crippen molar-refractivity contribution in [2.24, 2.45) is 0 Å². The van der Waals surface area contributed by atoms with Crippen molar-refractivity contribution in [1.29, 1.82) is 0 Å². The fourth-order valence-corrected chi connectivity index (χ4v) is 3.88. The van der Waals surface area contributed by atoms with E-state index in [1.54, 1.807) is 36.4 Å². The monoisotopic (exact) mass is 436 g/mol. The number of hydrogen-bond donors (Lipinski definition) is 0. The molecule has 0 radical (unpaired) electrons. The highest BCUT2D eigenvalue weighted by Gasteiger charge is 2.38. The van der Waals surface area contributed by atoms with E-state index in [1.165, 1.54) is 26.6 Å². The number of rotatable bonds is 4. The van der Waals surface area contributed by atoms with Gasteiger partial charge in [-0.2, -0.15) is 0 Å². The van der Waals surface area contributed by atoms with Gasteiger partial charge in [-0.1, -0.05) is 18.6 Å². The fraction of sp³-hybridized carbons (Fsp3) is 0.333. The molecule has 2 aromatic rings. The molecule has 0 atom stereocenters. The van der Waals surface area contributed by atoms with Crippen LogP contribution in [0.4, 0.5) is 4.79 Å². The van der Waals surface area contributed by atoms with Crippen LogP contribution in [-0.4, -0.2) is 53.8 Å². The first-order valence-electron chi connectivity index (χ1n) is 10.6. The molecule has 1 aliphatic carbocycles. The Morgan fingerprint density at radius 3 is 2.19 bits per heavy atom. The molecule has 2 aliphatic rings. The molecule has 4 rings (SSSR count). The van der Waals surface area contributed by atoms with Gasteiger partial charge in [0.2, 0.25) is 0 Å². The topological polar surface area (TPSA) is 97.1 Å². The normalized spacial score (nSPS) is 17.7. The first-order valence-corrected chi connectivity index (χ1v) is 10.6. The van der Waals surface area contributed by atoms with Crippen molar-refractivity contribution in [3.05, 3.63) is 53.3 Å². The minimum atomic E-state index is -0.683. The van der Waals surface area contributed by atoms with Crippen molar-refractivity contribution in [2.45, 2.75) is 38.2 Å². The van der Waals surface area contributed by atoms with Crippen LogP contribution in [0.5, 0.6) is 0 Å². The van der Waals surface area contributed by atoms with Gasteiger partial charge in [0.1, 0.15) is 23.2 Å². The Morgan fingerprint density at radius 2 is 1.56 bits per heavy atom. The molecule has 32 heavy (non-hydrogen) atoms. The number of carbonyl (C=O) groups excluding carboxylic acids is 4. The summed E-state index contributed by atoms with van der Waals surface area (Å²) in [5.41, 5.74) is 1.05. The predicted octanol–water partition coefficient (Wildman–Crippen LogP) is 3.87. The zero-order valence-electron chi connectivity index (χ0n) is 18.0. The lowest BCUT2D eigenvalue weighted by atomic mass is 9.98. The van der Waals surface area contributed by atoms with Gasteiger partial charge in [-0.25, -0.2) is 9.59 Å². The molecule has 1 aromatic heterocycles. The second kappa shape index (κ2) is 8.82. The Hall–Kier alpha value is -3.68. The molecule has 0 spiro atoms. The number of furan rings is 1. The van der Waals surface area contributed by atoms with Crippen LogP contribution in [0.3, 0.4) is 0 Å². The molecular formula is C24H24N2O6. The van der Waals surface area contributed by atoms with Crippen molar-refractivity contribution in [1.82, 2.24) is 9.80 Å². The van der Waals surface area contributed by atoms with E-state index >= 15 is 0 Å². The Morgan fingerprint density at radius 1 is 0.938 bits per heavy atom. The molecule has 0 unspecified atom stereocenters. The Bertz CT molecular complexity index is 1070. The van der Waals surface area contributed by atoms with Crippen LogP contribution in [0.2, 0.25) is 0 Å². The second-order valence-electron chi connectivity index (χ2n) is 8.01. The van der Waals surface area contributed by atoms with Gasteiger partial charge < -0.3 is 9.15 Å². The summed E-state index contributed by atoms with van der Waals surface area (Å²) >= 11 is 0. The summed E-state index contributed by atoms with van der Waals surface area (Å²) in [5.74, 6) is -0.884. The van der Waals surface area contributed by atoms with Crippen molar-refractivity contribution >= 4 is 29.9 Å². The predicted molar refractivity (Wildman–Crippen MR) is 115 cm³/mol. The van der Waals surface area contributed by atoms with Crippen LogP contribution in [-0.2, 0) is 14.3 Å². The van der Waals surface area contributed by atoms with Crippen LogP contribution in [0.15, 0.2) is 46.4 Å². The maximum absolute atomic E-state index is 12.4. The Balaban J connectivity index is 1.48. The number of likely N-dealkylation sites (N-methyl/N-ethyl adjacent to an activating group) is 2. The number of esters is 1. The lowest BCUT2D eigenvalue weighted by molar-refractivity contribution is -0.134. The highest BCUT2D eigenvalue weighted by molar-refractivity contribution is 6.30. The first kappa shape index (κ1) is 21.5. The summed E-state index contributed by atoms with van der Waals surface area (Å²) in [7, 11) is 2.63. The minimum Gasteiger partial charge on any atom is -0.459 e. The van der Waals surface area contributed by atoms with Gasteiger partial charge in [0.25, 0.3) is 11.8 Å². The van der Waals surface area contributed by atoms with Gasteiger partial charge in [0.15, 0.2) is 0 Å². The lowest BCUT2D eigenvalue weighted by Crippen LogP contribution is -2.52. The van der Waals surface area contributed by atoms with Crippen molar-refractivity contribution in [3.8, 4) is 11.3 Å². The summed E-state index contributed by atoms with van der Waals surface area (Å²) < 4.78 is 11.4. The summed E-state index contributed by atoms with van der Waals surface area (Å²) in [5, 5.41) is 0. The van der Waals surface area contributed by atoms with Gasteiger partial charge in [-0.15, -0.1) is 0 Å². The number of amides is 4. The van der Waals surface area contributed by atoms with Crippen molar-refractivity contribution < 1.29 is 28.3 Å². The molecule has 0 bridgehead atoms. The zero-order chi connectivity index (χ0) is 22.8. The number of hydrogen-bond acceptors (Lipinski definition) is 6.